The third kappa shape index (κ3) is 2.22. The summed E-state index contributed by atoms with van der Waals surface area (Å²) in [5, 5.41) is 10.8. The smallest absolute Gasteiger partial charge is 0.0682 e. The van der Waals surface area contributed by atoms with Crippen LogP contribution in [0.4, 0.5) is 0 Å². The van der Waals surface area contributed by atoms with E-state index in [1.807, 2.05) is 0 Å². The molecule has 0 bridgehead atoms. The Morgan fingerprint density at radius 1 is 0.889 bits per heavy atom. The molecule has 108 valence electrons. The van der Waals surface area contributed by atoms with Crippen molar-refractivity contribution < 1.29 is 5.11 Å². The van der Waals surface area contributed by atoms with Crippen LogP contribution in [0.15, 0.2) is 0 Å². The van der Waals surface area contributed by atoms with Crippen LogP contribution in [0, 0.1) is 10.8 Å². The number of nitrogens with two attached hydrogens (primary N) is 1. The Bertz CT molecular complexity index is 217. The Morgan fingerprint density at radius 2 is 1.28 bits per heavy atom. The maximum Gasteiger partial charge on any atom is 0.0682 e. The monoisotopic (exact) mass is 255 g/mol. The van der Waals surface area contributed by atoms with Gasteiger partial charge in [0.25, 0.3) is 0 Å². The first-order valence-electron chi connectivity index (χ1n) is 7.99. The minimum absolute atomic E-state index is 0.000237. The van der Waals surface area contributed by atoms with E-state index in [9.17, 15) is 5.11 Å². The molecule has 2 unspecified atom stereocenters. The van der Waals surface area contributed by atoms with Gasteiger partial charge in [-0.05, 0) is 25.7 Å². The summed E-state index contributed by atoms with van der Waals surface area (Å²) in [5.41, 5.74) is 6.57. The average Bonchev–Trinajstić information content (AvgIpc) is 2.41. The zero-order valence-electron chi connectivity index (χ0n) is 12.8. The third-order valence-corrected chi connectivity index (χ3v) is 5.64. The Labute approximate surface area is 113 Å². The molecule has 0 aromatic heterocycles. The largest absolute Gasteiger partial charge is 0.392 e. The highest BCUT2D eigenvalue weighted by molar-refractivity contribution is 5.18. The maximum absolute atomic E-state index is 10.8. The quantitative estimate of drug-likeness (QED) is 0.692. The summed E-state index contributed by atoms with van der Waals surface area (Å²) in [4.78, 5) is 0. The molecule has 1 saturated carbocycles. The molecule has 0 aliphatic heterocycles. The van der Waals surface area contributed by atoms with Crippen LogP contribution in [0.5, 0.6) is 0 Å². The van der Waals surface area contributed by atoms with Crippen molar-refractivity contribution in [2.24, 2.45) is 16.6 Å². The van der Waals surface area contributed by atoms with Gasteiger partial charge in [-0.2, -0.15) is 0 Å². The van der Waals surface area contributed by atoms with E-state index in [0.717, 1.165) is 25.7 Å². The standard InChI is InChI=1S/C16H33NO/c1-5-9-11-15(7-3)13(17)16(8-4,14(15)18)12-10-6-2/h13-14,18H,5-12,17H2,1-4H3. The fourth-order valence-corrected chi connectivity index (χ4v) is 4.17. The van der Waals surface area contributed by atoms with Gasteiger partial charge in [0.15, 0.2) is 0 Å². The lowest BCUT2D eigenvalue weighted by molar-refractivity contribution is -0.217. The lowest BCUT2D eigenvalue weighted by atomic mass is 9.42. The van der Waals surface area contributed by atoms with E-state index in [-0.39, 0.29) is 23.0 Å². The molecule has 3 N–H and O–H groups in total. The summed E-state index contributed by atoms with van der Waals surface area (Å²) < 4.78 is 0. The van der Waals surface area contributed by atoms with E-state index in [0.29, 0.717) is 0 Å². The van der Waals surface area contributed by atoms with Gasteiger partial charge in [-0.25, -0.2) is 0 Å². The van der Waals surface area contributed by atoms with Crippen molar-refractivity contribution in [2.75, 3.05) is 0 Å². The number of unbranched alkanes of at least 4 members (excludes halogenated alkanes) is 2. The summed E-state index contributed by atoms with van der Waals surface area (Å²) in [7, 11) is 0. The van der Waals surface area contributed by atoms with Gasteiger partial charge >= 0.3 is 0 Å². The fourth-order valence-electron chi connectivity index (χ4n) is 4.17. The van der Waals surface area contributed by atoms with Crippen LogP contribution in [0.3, 0.4) is 0 Å². The zero-order valence-corrected chi connectivity index (χ0v) is 12.8. The van der Waals surface area contributed by atoms with Crippen LogP contribution in [0.1, 0.15) is 79.1 Å². The van der Waals surface area contributed by atoms with Gasteiger partial charge in [-0.1, -0.05) is 53.4 Å². The van der Waals surface area contributed by atoms with Gasteiger partial charge in [0, 0.05) is 16.9 Å². The van der Waals surface area contributed by atoms with Crippen LogP contribution in [0.2, 0.25) is 0 Å². The molecule has 0 aromatic carbocycles. The molecule has 1 rings (SSSR count). The van der Waals surface area contributed by atoms with Gasteiger partial charge < -0.3 is 10.8 Å². The van der Waals surface area contributed by atoms with E-state index >= 15 is 0 Å². The maximum atomic E-state index is 10.8. The fraction of sp³-hybridized carbons (Fsp3) is 1.00. The zero-order chi connectivity index (χ0) is 13.8. The van der Waals surface area contributed by atoms with Gasteiger partial charge in [-0.15, -0.1) is 0 Å². The van der Waals surface area contributed by atoms with Crippen LogP contribution < -0.4 is 5.73 Å². The van der Waals surface area contributed by atoms with E-state index in [1.165, 1.54) is 25.7 Å². The number of aliphatic hydroxyl groups excluding tert-OH is 1. The van der Waals surface area contributed by atoms with E-state index < -0.39 is 0 Å². The molecular formula is C16H33NO. The van der Waals surface area contributed by atoms with Gasteiger partial charge in [0.05, 0.1) is 6.10 Å². The number of hydrogen-bond donors (Lipinski definition) is 2. The molecular weight excluding hydrogens is 222 g/mol. The van der Waals surface area contributed by atoms with Gasteiger partial charge in [0.2, 0.25) is 0 Å². The first-order chi connectivity index (χ1) is 8.55. The third-order valence-electron chi connectivity index (χ3n) is 5.64. The highest BCUT2D eigenvalue weighted by atomic mass is 16.3. The molecule has 1 aliphatic rings. The SMILES string of the molecule is CCCCC1(CC)C(N)C(CC)(CCCC)C1O. The molecule has 1 aliphatic carbocycles. The van der Waals surface area contributed by atoms with Crippen molar-refractivity contribution in [3.05, 3.63) is 0 Å². The van der Waals surface area contributed by atoms with Crippen LogP contribution in [-0.4, -0.2) is 17.3 Å². The second kappa shape index (κ2) is 6.38. The highest BCUT2D eigenvalue weighted by Gasteiger charge is 2.65. The molecule has 0 radical (unpaired) electrons. The summed E-state index contributed by atoms with van der Waals surface area (Å²) in [6.07, 6.45) is 8.79. The number of rotatable bonds is 8. The Morgan fingerprint density at radius 3 is 1.50 bits per heavy atom. The molecule has 0 aromatic rings. The van der Waals surface area contributed by atoms with Crippen LogP contribution in [-0.2, 0) is 0 Å². The average molecular weight is 255 g/mol. The highest BCUT2D eigenvalue weighted by Crippen LogP contribution is 2.61. The minimum Gasteiger partial charge on any atom is -0.392 e. The molecule has 0 heterocycles. The van der Waals surface area contributed by atoms with Crippen LogP contribution >= 0.6 is 0 Å². The molecule has 0 saturated heterocycles. The van der Waals surface area contributed by atoms with Gasteiger partial charge in [0.1, 0.15) is 0 Å². The van der Waals surface area contributed by atoms with Crippen molar-refractivity contribution in [1.82, 2.24) is 0 Å². The Kier molecular flexibility index (Phi) is 5.67. The number of hydrogen-bond acceptors (Lipinski definition) is 2. The molecule has 2 nitrogen and oxygen atoms in total. The van der Waals surface area contributed by atoms with Crippen molar-refractivity contribution in [3.8, 4) is 0 Å². The molecule has 2 atom stereocenters. The normalized spacial score (nSPS) is 39.7. The van der Waals surface area contributed by atoms with Gasteiger partial charge in [-0.3, -0.25) is 0 Å². The molecule has 2 heteroatoms. The molecule has 0 amide bonds. The predicted molar refractivity (Wildman–Crippen MR) is 78.5 cm³/mol. The van der Waals surface area contributed by atoms with Crippen molar-refractivity contribution in [3.63, 3.8) is 0 Å². The first kappa shape index (κ1) is 16.0. The number of aliphatic hydroxyl groups is 1. The Hall–Kier alpha value is -0.0800. The molecule has 18 heavy (non-hydrogen) atoms. The van der Waals surface area contributed by atoms with E-state index in [2.05, 4.69) is 27.7 Å². The van der Waals surface area contributed by atoms with Crippen LogP contribution in [0.25, 0.3) is 0 Å². The summed E-state index contributed by atoms with van der Waals surface area (Å²) in [6.45, 7) is 8.81. The molecule has 1 fully saturated rings. The summed E-state index contributed by atoms with van der Waals surface area (Å²) >= 11 is 0. The second-order valence-corrected chi connectivity index (χ2v) is 6.26. The summed E-state index contributed by atoms with van der Waals surface area (Å²) in [5.74, 6) is 0. The minimum atomic E-state index is -0.187. The lowest BCUT2D eigenvalue weighted by Crippen LogP contribution is -2.75. The second-order valence-electron chi connectivity index (χ2n) is 6.26. The van der Waals surface area contributed by atoms with Crippen molar-refractivity contribution >= 4 is 0 Å². The van der Waals surface area contributed by atoms with Crippen molar-refractivity contribution in [1.29, 1.82) is 0 Å². The lowest BCUT2D eigenvalue weighted by Gasteiger charge is -2.66. The van der Waals surface area contributed by atoms with Crippen molar-refractivity contribution in [2.45, 2.75) is 91.2 Å². The predicted octanol–water partition coefficient (Wildman–Crippen LogP) is 3.86. The Balaban J connectivity index is 2.82. The topological polar surface area (TPSA) is 46.2 Å². The van der Waals surface area contributed by atoms with E-state index in [4.69, 9.17) is 5.73 Å². The summed E-state index contributed by atoms with van der Waals surface area (Å²) in [6, 6.07) is 0.188. The first-order valence-corrected chi connectivity index (χ1v) is 7.99. The molecule has 0 spiro atoms. The van der Waals surface area contributed by atoms with E-state index in [1.54, 1.807) is 0 Å².